The predicted molar refractivity (Wildman–Crippen MR) is 107 cm³/mol. The average molecular weight is 398 g/mol. The van der Waals surface area contributed by atoms with Crippen LogP contribution in [-0.4, -0.2) is 19.9 Å². The number of allylic oxidation sites excluding steroid dienone is 1. The third-order valence-corrected chi connectivity index (χ3v) is 5.10. The van der Waals surface area contributed by atoms with Crippen molar-refractivity contribution < 1.29 is 13.9 Å². The summed E-state index contributed by atoms with van der Waals surface area (Å²) in [5.74, 6) is -1.87. The second kappa shape index (κ2) is 9.07. The maximum absolute atomic E-state index is 14.5. The first-order valence-corrected chi connectivity index (χ1v) is 9.38. The van der Waals surface area contributed by atoms with Crippen LogP contribution in [0.4, 0.5) is 8.78 Å². The molecule has 0 fully saturated rings. The third kappa shape index (κ3) is 4.93. The molecular weight excluding hydrogens is 374 g/mol. The molecule has 0 spiro atoms. The topological polar surface area (TPSA) is 77.0 Å². The monoisotopic (exact) mass is 398 g/mol. The Morgan fingerprint density at radius 3 is 2.59 bits per heavy atom. The molecule has 152 valence electrons. The molecule has 0 amide bonds. The highest BCUT2D eigenvalue weighted by Crippen LogP contribution is 2.35. The first-order valence-electron chi connectivity index (χ1n) is 9.38. The van der Waals surface area contributed by atoms with Crippen molar-refractivity contribution in [1.29, 1.82) is 0 Å². The van der Waals surface area contributed by atoms with Gasteiger partial charge in [0.1, 0.15) is 29.9 Å². The largest absolute Gasteiger partial charge is 0.383 e. The molecule has 29 heavy (non-hydrogen) atoms. The quantitative estimate of drug-likeness (QED) is 0.607. The van der Waals surface area contributed by atoms with Crippen LogP contribution in [0, 0.1) is 17.6 Å². The minimum Gasteiger partial charge on any atom is -0.383 e. The van der Waals surface area contributed by atoms with E-state index in [9.17, 15) is 13.9 Å². The second-order valence-corrected chi connectivity index (χ2v) is 7.13. The maximum atomic E-state index is 14.5. The van der Waals surface area contributed by atoms with E-state index in [0.717, 1.165) is 23.3 Å². The summed E-state index contributed by atoms with van der Waals surface area (Å²) in [7, 11) is 0. The molecule has 0 unspecified atom stereocenters. The van der Waals surface area contributed by atoms with Gasteiger partial charge in [0.15, 0.2) is 0 Å². The van der Waals surface area contributed by atoms with Crippen LogP contribution >= 0.6 is 0 Å². The molecular formula is C22H24F2N4O. The van der Waals surface area contributed by atoms with Gasteiger partial charge in [-0.15, -0.1) is 0 Å². The molecule has 0 aliphatic carbocycles. The lowest BCUT2D eigenvalue weighted by Gasteiger charge is -2.34. The average Bonchev–Trinajstić information content (AvgIpc) is 3.21. The number of hydrogen-bond acceptors (Lipinski definition) is 4. The summed E-state index contributed by atoms with van der Waals surface area (Å²) < 4.78 is 29.3. The van der Waals surface area contributed by atoms with Gasteiger partial charge in [-0.3, -0.25) is 0 Å². The zero-order valence-corrected chi connectivity index (χ0v) is 16.2. The van der Waals surface area contributed by atoms with Crippen LogP contribution in [0.5, 0.6) is 0 Å². The summed E-state index contributed by atoms with van der Waals surface area (Å²) in [4.78, 5) is 3.88. The minimum atomic E-state index is -1.60. The molecule has 7 heteroatoms. The summed E-state index contributed by atoms with van der Waals surface area (Å²) in [6, 6.07) is 11.0. The van der Waals surface area contributed by atoms with Crippen LogP contribution in [0.25, 0.3) is 6.08 Å². The van der Waals surface area contributed by atoms with E-state index >= 15 is 0 Å². The van der Waals surface area contributed by atoms with Crippen molar-refractivity contribution in [3.8, 4) is 0 Å². The first-order chi connectivity index (χ1) is 13.9. The van der Waals surface area contributed by atoms with E-state index in [1.165, 1.54) is 23.4 Å². The molecule has 3 aromatic rings. The van der Waals surface area contributed by atoms with Crippen molar-refractivity contribution in [3.05, 3.63) is 89.5 Å². The number of aromatic nitrogens is 3. The fourth-order valence-electron chi connectivity index (χ4n) is 3.28. The van der Waals surface area contributed by atoms with Crippen LogP contribution in [0.3, 0.4) is 0 Å². The van der Waals surface area contributed by atoms with Crippen molar-refractivity contribution in [2.75, 3.05) is 0 Å². The first kappa shape index (κ1) is 20.8. The lowest BCUT2D eigenvalue weighted by atomic mass is 9.80. The summed E-state index contributed by atoms with van der Waals surface area (Å²) in [5, 5.41) is 15.5. The second-order valence-electron chi connectivity index (χ2n) is 7.13. The molecule has 0 radical (unpaired) electrons. The zero-order valence-electron chi connectivity index (χ0n) is 16.2. The van der Waals surface area contributed by atoms with Gasteiger partial charge >= 0.3 is 0 Å². The highest BCUT2D eigenvalue weighted by molar-refractivity contribution is 5.49. The lowest BCUT2D eigenvalue weighted by Crippen LogP contribution is -2.39. The Hall–Kier alpha value is -2.90. The number of halogens is 2. The normalized spacial score (nSPS) is 14.8. The number of hydrogen-bond donors (Lipinski definition) is 2. The van der Waals surface area contributed by atoms with Gasteiger partial charge in [-0.2, -0.15) is 5.10 Å². The van der Waals surface area contributed by atoms with E-state index in [1.807, 2.05) is 43.3 Å². The lowest BCUT2D eigenvalue weighted by molar-refractivity contribution is -0.0379. The van der Waals surface area contributed by atoms with Crippen LogP contribution in [0.1, 0.15) is 30.0 Å². The summed E-state index contributed by atoms with van der Waals surface area (Å²) in [5.41, 5.74) is 6.09. The van der Waals surface area contributed by atoms with Crippen LogP contribution in [0.15, 0.2) is 61.2 Å². The number of nitrogens with two attached hydrogens (primary N) is 1. The Morgan fingerprint density at radius 1 is 1.21 bits per heavy atom. The Labute approximate surface area is 168 Å². The number of rotatable bonds is 8. The highest BCUT2D eigenvalue weighted by atomic mass is 19.1. The molecule has 2 aromatic carbocycles. The predicted octanol–water partition coefficient (Wildman–Crippen LogP) is 3.64. The maximum Gasteiger partial charge on any atom is 0.137 e. The van der Waals surface area contributed by atoms with Gasteiger partial charge in [-0.25, -0.2) is 18.4 Å². The highest BCUT2D eigenvalue weighted by Gasteiger charge is 2.38. The molecule has 2 atom stereocenters. The van der Waals surface area contributed by atoms with Gasteiger partial charge in [-0.1, -0.05) is 49.4 Å². The zero-order chi connectivity index (χ0) is 20.9. The molecule has 0 bridgehead atoms. The molecule has 3 rings (SSSR count). The van der Waals surface area contributed by atoms with Crippen molar-refractivity contribution in [2.45, 2.75) is 32.0 Å². The third-order valence-electron chi connectivity index (χ3n) is 5.10. The molecule has 0 saturated carbocycles. The van der Waals surface area contributed by atoms with Crippen molar-refractivity contribution in [2.24, 2.45) is 11.7 Å². The number of aliphatic hydroxyl groups is 1. The van der Waals surface area contributed by atoms with Gasteiger partial charge in [0.25, 0.3) is 0 Å². The van der Waals surface area contributed by atoms with Crippen LogP contribution < -0.4 is 5.73 Å². The van der Waals surface area contributed by atoms with Crippen molar-refractivity contribution in [1.82, 2.24) is 14.8 Å². The molecule has 0 saturated heterocycles. The molecule has 5 nitrogen and oxygen atoms in total. The fourth-order valence-corrected chi connectivity index (χ4v) is 3.28. The standard InChI is InChI=1S/C22H24F2N4O/c1-16(3-2-4-17-5-7-18(12-25)8-6-17)22(29,13-28-15-26-14-27-28)20-10-9-19(23)11-21(20)24/h2,4-11,14-16,29H,3,12-13,25H2,1H3/b4-2+/t16-,22+/m0/s1. The molecule has 0 aliphatic rings. The minimum absolute atomic E-state index is 0.00421. The van der Waals surface area contributed by atoms with Gasteiger partial charge < -0.3 is 10.8 Å². The van der Waals surface area contributed by atoms with E-state index in [4.69, 9.17) is 5.73 Å². The van der Waals surface area contributed by atoms with E-state index in [2.05, 4.69) is 10.1 Å². The Kier molecular flexibility index (Phi) is 6.51. The van der Waals surface area contributed by atoms with Gasteiger partial charge in [0.2, 0.25) is 0 Å². The smallest absolute Gasteiger partial charge is 0.137 e. The summed E-state index contributed by atoms with van der Waals surface area (Å²) >= 11 is 0. The van der Waals surface area contributed by atoms with E-state index < -0.39 is 17.2 Å². The van der Waals surface area contributed by atoms with E-state index in [0.29, 0.717) is 13.0 Å². The SMILES string of the molecule is C[C@@H](C/C=C/c1ccc(CN)cc1)[C@](O)(Cn1cncn1)c1ccc(F)cc1F. The van der Waals surface area contributed by atoms with Crippen LogP contribution in [0.2, 0.25) is 0 Å². The Morgan fingerprint density at radius 2 is 1.97 bits per heavy atom. The molecule has 0 aliphatic heterocycles. The number of nitrogens with zero attached hydrogens (tertiary/aromatic N) is 3. The van der Waals surface area contributed by atoms with Crippen molar-refractivity contribution >= 4 is 6.08 Å². The van der Waals surface area contributed by atoms with Gasteiger partial charge in [0.05, 0.1) is 6.54 Å². The van der Waals surface area contributed by atoms with E-state index in [-0.39, 0.29) is 18.0 Å². The van der Waals surface area contributed by atoms with Crippen LogP contribution in [-0.2, 0) is 18.7 Å². The number of benzene rings is 2. The Bertz CT molecular complexity index is 957. The fraction of sp³-hybridized carbons (Fsp3) is 0.273. The van der Waals surface area contributed by atoms with Gasteiger partial charge in [0, 0.05) is 18.2 Å². The molecule has 1 aromatic heterocycles. The Balaban J connectivity index is 1.83. The van der Waals surface area contributed by atoms with E-state index in [1.54, 1.807) is 0 Å². The molecule has 1 heterocycles. The summed E-state index contributed by atoms with van der Waals surface area (Å²) in [6.45, 7) is 2.30. The molecule has 3 N–H and O–H groups in total. The van der Waals surface area contributed by atoms with Gasteiger partial charge in [-0.05, 0) is 29.5 Å². The van der Waals surface area contributed by atoms with Crippen molar-refractivity contribution in [3.63, 3.8) is 0 Å². The summed E-state index contributed by atoms with van der Waals surface area (Å²) in [6.07, 6.45) is 7.13.